The molecule has 0 radical (unpaired) electrons. The summed E-state index contributed by atoms with van der Waals surface area (Å²) in [6, 6.07) is 7.81. The first-order chi connectivity index (χ1) is 11.2. The van der Waals surface area contributed by atoms with Gasteiger partial charge in [-0.1, -0.05) is 0 Å². The second-order valence-electron chi connectivity index (χ2n) is 5.58. The molecule has 1 N–H and O–H groups in total. The molecule has 0 aliphatic heterocycles. The largest absolute Gasteiger partial charge is 0.494 e. The summed E-state index contributed by atoms with van der Waals surface area (Å²) >= 11 is 1.60. The fourth-order valence-electron chi connectivity index (χ4n) is 3.13. The van der Waals surface area contributed by atoms with Gasteiger partial charge < -0.3 is 9.84 Å². The molecule has 0 bridgehead atoms. The van der Waals surface area contributed by atoms with Crippen LogP contribution in [0.5, 0.6) is 5.75 Å². The van der Waals surface area contributed by atoms with Crippen LogP contribution in [0, 0.1) is 0 Å². The van der Waals surface area contributed by atoms with Crippen molar-refractivity contribution in [3.05, 3.63) is 41.0 Å². The lowest BCUT2D eigenvalue weighted by atomic mass is 10.1. The summed E-state index contributed by atoms with van der Waals surface area (Å²) in [5, 5.41) is 9.40. The van der Waals surface area contributed by atoms with Gasteiger partial charge in [-0.3, -0.25) is 9.20 Å². The minimum absolute atomic E-state index is 0.416. The number of thiazole rings is 1. The van der Waals surface area contributed by atoms with Gasteiger partial charge in [0, 0.05) is 16.6 Å². The summed E-state index contributed by atoms with van der Waals surface area (Å²) in [4.78, 5) is 18.1. The zero-order valence-electron chi connectivity index (χ0n) is 12.7. The topological polar surface area (TPSA) is 63.8 Å². The van der Waals surface area contributed by atoms with E-state index in [0.717, 1.165) is 39.0 Å². The van der Waals surface area contributed by atoms with Crippen LogP contribution in [0.1, 0.15) is 29.8 Å². The molecule has 1 aliphatic rings. The van der Waals surface area contributed by atoms with Gasteiger partial charge >= 0.3 is 5.97 Å². The fraction of sp³-hybridized carbons (Fsp3) is 0.294. The lowest BCUT2D eigenvalue weighted by Crippen LogP contribution is -2.09. The van der Waals surface area contributed by atoms with E-state index < -0.39 is 11.9 Å². The van der Waals surface area contributed by atoms with E-state index in [2.05, 4.69) is 4.98 Å². The number of aliphatic carboxylic acids is 1. The molecule has 6 heteroatoms. The highest BCUT2D eigenvalue weighted by Gasteiger charge is 2.33. The zero-order chi connectivity index (χ0) is 16.0. The molecule has 1 unspecified atom stereocenters. The van der Waals surface area contributed by atoms with Gasteiger partial charge in [-0.15, -0.1) is 11.3 Å². The first kappa shape index (κ1) is 14.3. The van der Waals surface area contributed by atoms with Crippen LogP contribution in [-0.2, 0) is 11.2 Å². The number of aryl methyl sites for hydroxylation is 1. The second kappa shape index (κ2) is 5.38. The Morgan fingerprint density at radius 1 is 1.43 bits per heavy atom. The first-order valence-electron chi connectivity index (χ1n) is 7.64. The van der Waals surface area contributed by atoms with Crippen molar-refractivity contribution in [2.45, 2.75) is 25.7 Å². The normalized spacial score (nSPS) is 16.7. The van der Waals surface area contributed by atoms with Gasteiger partial charge in [0.1, 0.15) is 5.75 Å². The van der Waals surface area contributed by atoms with Crippen LogP contribution in [0.3, 0.4) is 0 Å². The van der Waals surface area contributed by atoms with E-state index >= 15 is 0 Å². The number of carbonyl (C=O) groups is 1. The van der Waals surface area contributed by atoms with E-state index in [0.29, 0.717) is 13.0 Å². The summed E-state index contributed by atoms with van der Waals surface area (Å²) in [6.45, 7) is 2.60. The van der Waals surface area contributed by atoms with Crippen molar-refractivity contribution in [2.24, 2.45) is 0 Å². The van der Waals surface area contributed by atoms with Crippen LogP contribution in [0.25, 0.3) is 16.2 Å². The highest BCUT2D eigenvalue weighted by atomic mass is 32.1. The first-order valence-corrected chi connectivity index (χ1v) is 8.45. The van der Waals surface area contributed by atoms with E-state index in [1.807, 2.05) is 41.8 Å². The Bertz CT molecular complexity index is 879. The van der Waals surface area contributed by atoms with Gasteiger partial charge in [0.05, 0.1) is 23.9 Å². The smallest absolute Gasteiger partial charge is 0.312 e. The summed E-state index contributed by atoms with van der Waals surface area (Å²) in [6.07, 6.45) is 3.46. The fourth-order valence-corrected chi connectivity index (χ4v) is 4.31. The molecule has 0 fully saturated rings. The molecule has 2 aromatic heterocycles. The van der Waals surface area contributed by atoms with Gasteiger partial charge in [-0.25, -0.2) is 4.98 Å². The lowest BCUT2D eigenvalue weighted by Gasteiger charge is -2.04. The average molecular weight is 328 g/mol. The van der Waals surface area contributed by atoms with E-state index in [1.54, 1.807) is 11.3 Å². The lowest BCUT2D eigenvalue weighted by molar-refractivity contribution is -0.138. The molecule has 118 valence electrons. The van der Waals surface area contributed by atoms with E-state index in [9.17, 15) is 9.90 Å². The summed E-state index contributed by atoms with van der Waals surface area (Å²) in [5.41, 5.74) is 2.77. The van der Waals surface area contributed by atoms with Crippen molar-refractivity contribution in [3.8, 4) is 17.0 Å². The molecule has 0 saturated carbocycles. The number of rotatable bonds is 4. The third-order valence-corrected chi connectivity index (χ3v) is 5.31. The summed E-state index contributed by atoms with van der Waals surface area (Å²) in [7, 11) is 0. The second-order valence-corrected chi connectivity index (χ2v) is 6.64. The minimum Gasteiger partial charge on any atom is -0.494 e. The predicted octanol–water partition coefficient (Wildman–Crippen LogP) is 3.58. The molecule has 3 aromatic rings. The zero-order valence-corrected chi connectivity index (χ0v) is 13.5. The number of fused-ring (bicyclic) bond motifs is 3. The third kappa shape index (κ3) is 2.30. The Kier molecular flexibility index (Phi) is 3.34. The molecular formula is C17H16N2O3S. The molecule has 2 heterocycles. The quantitative estimate of drug-likeness (QED) is 0.795. The number of benzene rings is 1. The van der Waals surface area contributed by atoms with Crippen molar-refractivity contribution in [3.63, 3.8) is 0 Å². The predicted molar refractivity (Wildman–Crippen MR) is 88.4 cm³/mol. The molecule has 4 rings (SSSR count). The SMILES string of the molecule is CCOc1ccc(-c2cn3c4c(sc3n2)CCC4C(=O)O)cc1. The van der Waals surface area contributed by atoms with Crippen molar-refractivity contribution in [1.82, 2.24) is 9.38 Å². The standard InChI is InChI=1S/C17H16N2O3S/c1-2-22-11-5-3-10(4-6-11)13-9-19-15-12(16(20)21)7-8-14(15)23-17(19)18-13/h3-6,9,12H,2,7-8H2,1H3,(H,20,21). The number of ether oxygens (including phenoxy) is 1. The molecule has 0 saturated heterocycles. The van der Waals surface area contributed by atoms with Crippen LogP contribution < -0.4 is 4.74 Å². The average Bonchev–Trinajstić information content (AvgIpc) is 3.18. The molecule has 0 spiro atoms. The van der Waals surface area contributed by atoms with Crippen molar-refractivity contribution in [1.29, 1.82) is 0 Å². The Hall–Kier alpha value is -2.34. The van der Waals surface area contributed by atoms with Crippen molar-refractivity contribution < 1.29 is 14.6 Å². The molecule has 5 nitrogen and oxygen atoms in total. The minimum atomic E-state index is -0.750. The van der Waals surface area contributed by atoms with Crippen LogP contribution in [0.15, 0.2) is 30.5 Å². The third-order valence-electron chi connectivity index (χ3n) is 4.18. The summed E-state index contributed by atoms with van der Waals surface area (Å²) < 4.78 is 7.41. The maximum atomic E-state index is 11.4. The molecule has 23 heavy (non-hydrogen) atoms. The Balaban J connectivity index is 1.74. The molecule has 1 aliphatic carbocycles. The van der Waals surface area contributed by atoms with Gasteiger partial charge in [0.15, 0.2) is 4.96 Å². The van der Waals surface area contributed by atoms with Crippen LogP contribution >= 0.6 is 11.3 Å². The maximum absolute atomic E-state index is 11.4. The van der Waals surface area contributed by atoms with Gasteiger partial charge in [-0.2, -0.15) is 0 Å². The monoisotopic (exact) mass is 328 g/mol. The van der Waals surface area contributed by atoms with Gasteiger partial charge in [0.2, 0.25) is 0 Å². The number of carboxylic acid groups (broad SMARTS) is 1. The van der Waals surface area contributed by atoms with E-state index in [1.165, 1.54) is 0 Å². The van der Waals surface area contributed by atoms with E-state index in [-0.39, 0.29) is 0 Å². The van der Waals surface area contributed by atoms with Crippen LogP contribution in [0.2, 0.25) is 0 Å². The number of hydrogen-bond acceptors (Lipinski definition) is 4. The van der Waals surface area contributed by atoms with Gasteiger partial charge in [0.25, 0.3) is 0 Å². The maximum Gasteiger partial charge on any atom is 0.312 e. The van der Waals surface area contributed by atoms with Crippen LogP contribution in [-0.4, -0.2) is 27.1 Å². The van der Waals surface area contributed by atoms with Crippen molar-refractivity contribution in [2.75, 3.05) is 6.61 Å². The Labute approximate surface area is 137 Å². The highest BCUT2D eigenvalue weighted by Crippen LogP contribution is 2.39. The van der Waals surface area contributed by atoms with Crippen molar-refractivity contribution >= 4 is 22.3 Å². The number of carboxylic acids is 1. The number of imidazole rings is 1. The molecule has 0 amide bonds. The number of aromatic nitrogens is 2. The Morgan fingerprint density at radius 2 is 2.22 bits per heavy atom. The molecule has 1 atom stereocenters. The molecule has 1 aromatic carbocycles. The van der Waals surface area contributed by atoms with Gasteiger partial charge in [-0.05, 0) is 44.0 Å². The number of hydrogen-bond donors (Lipinski definition) is 1. The highest BCUT2D eigenvalue weighted by molar-refractivity contribution is 7.17. The van der Waals surface area contributed by atoms with E-state index in [4.69, 9.17) is 4.74 Å². The summed E-state index contributed by atoms with van der Waals surface area (Å²) in [5.74, 6) is -0.329. The Morgan fingerprint density at radius 3 is 2.91 bits per heavy atom. The van der Waals surface area contributed by atoms with Crippen LogP contribution in [0.4, 0.5) is 0 Å². The molecular weight excluding hydrogens is 312 g/mol. The number of nitrogens with zero attached hydrogens (tertiary/aromatic N) is 2.